The van der Waals surface area contributed by atoms with Gasteiger partial charge in [-0.3, -0.25) is 13.9 Å². The lowest BCUT2D eigenvalue weighted by atomic mass is 10.1. The maximum Gasteiger partial charge on any atom is 0.244 e. The summed E-state index contributed by atoms with van der Waals surface area (Å²) in [7, 11) is -3.89. The highest BCUT2D eigenvalue weighted by Gasteiger charge is 2.30. The molecule has 0 spiro atoms. The first-order valence-corrected chi connectivity index (χ1v) is 12.2. The van der Waals surface area contributed by atoms with Gasteiger partial charge in [-0.15, -0.1) is 0 Å². The Labute approximate surface area is 189 Å². The fraction of sp³-hybridized carbons (Fsp3) is 0.391. The molecule has 9 heteroatoms. The Morgan fingerprint density at radius 1 is 1.12 bits per heavy atom. The first-order valence-electron chi connectivity index (χ1n) is 10.4. The van der Waals surface area contributed by atoms with Crippen LogP contribution < -0.4 is 9.62 Å². The number of benzene rings is 2. The number of carbonyl (C=O) groups is 2. The van der Waals surface area contributed by atoms with Gasteiger partial charge in [-0.05, 0) is 49.6 Å². The molecule has 0 bridgehead atoms. The fourth-order valence-corrected chi connectivity index (χ4v) is 4.04. The van der Waals surface area contributed by atoms with Crippen LogP contribution in [0.5, 0.6) is 0 Å². The minimum atomic E-state index is -3.89. The second-order valence-electron chi connectivity index (χ2n) is 7.66. The van der Waals surface area contributed by atoms with Crippen LogP contribution in [0.25, 0.3) is 0 Å². The molecule has 0 heterocycles. The molecule has 32 heavy (non-hydrogen) atoms. The van der Waals surface area contributed by atoms with Gasteiger partial charge in [0.15, 0.2) is 0 Å². The molecule has 174 valence electrons. The van der Waals surface area contributed by atoms with E-state index in [-0.39, 0.29) is 18.1 Å². The topological polar surface area (TPSA) is 86.8 Å². The molecule has 1 atom stereocenters. The number of hydrogen-bond donors (Lipinski definition) is 1. The summed E-state index contributed by atoms with van der Waals surface area (Å²) < 4.78 is 39.4. The molecule has 0 aliphatic carbocycles. The summed E-state index contributed by atoms with van der Waals surface area (Å²) in [6, 6.07) is 11.7. The highest BCUT2D eigenvalue weighted by molar-refractivity contribution is 7.92. The average molecular weight is 464 g/mol. The molecule has 0 radical (unpaired) electrons. The monoisotopic (exact) mass is 463 g/mol. The van der Waals surface area contributed by atoms with Crippen LogP contribution in [0.4, 0.5) is 10.1 Å². The van der Waals surface area contributed by atoms with E-state index in [1.807, 2.05) is 38.1 Å². The van der Waals surface area contributed by atoms with Crippen LogP contribution in [0.2, 0.25) is 0 Å². The molecule has 0 unspecified atom stereocenters. The highest BCUT2D eigenvalue weighted by atomic mass is 32.2. The first-order chi connectivity index (χ1) is 15.0. The summed E-state index contributed by atoms with van der Waals surface area (Å²) in [4.78, 5) is 27.3. The van der Waals surface area contributed by atoms with E-state index in [1.165, 1.54) is 23.1 Å². The minimum absolute atomic E-state index is 0.0415. The normalized spacial score (nSPS) is 12.2. The van der Waals surface area contributed by atoms with E-state index in [0.29, 0.717) is 6.54 Å². The SMILES string of the molecule is CCCNC(=O)[C@H](C)N(Cc1ccccc1C)C(=O)CN(c1cccc(F)c1)S(C)(=O)=O. The zero-order valence-electron chi connectivity index (χ0n) is 18.8. The summed E-state index contributed by atoms with van der Waals surface area (Å²) in [5.74, 6) is -1.51. The molecule has 2 aromatic rings. The van der Waals surface area contributed by atoms with Crippen LogP contribution in [0.1, 0.15) is 31.4 Å². The van der Waals surface area contributed by atoms with E-state index in [0.717, 1.165) is 34.2 Å². The Morgan fingerprint density at radius 3 is 2.41 bits per heavy atom. The molecular weight excluding hydrogens is 433 g/mol. The van der Waals surface area contributed by atoms with Crippen molar-refractivity contribution < 1.29 is 22.4 Å². The van der Waals surface area contributed by atoms with Crippen molar-refractivity contribution in [2.24, 2.45) is 0 Å². The van der Waals surface area contributed by atoms with Gasteiger partial charge in [-0.1, -0.05) is 37.3 Å². The van der Waals surface area contributed by atoms with Gasteiger partial charge in [0.1, 0.15) is 18.4 Å². The van der Waals surface area contributed by atoms with E-state index in [1.54, 1.807) is 6.92 Å². The van der Waals surface area contributed by atoms with Gasteiger partial charge >= 0.3 is 0 Å². The summed E-state index contributed by atoms with van der Waals surface area (Å²) in [6.07, 6.45) is 1.69. The second kappa shape index (κ2) is 11.1. The van der Waals surface area contributed by atoms with E-state index >= 15 is 0 Å². The lowest BCUT2D eigenvalue weighted by molar-refractivity contribution is -0.139. The molecule has 1 N–H and O–H groups in total. The number of carbonyl (C=O) groups excluding carboxylic acids is 2. The van der Waals surface area contributed by atoms with Crippen molar-refractivity contribution in [2.75, 3.05) is 23.7 Å². The van der Waals surface area contributed by atoms with Crippen molar-refractivity contribution in [3.05, 3.63) is 65.5 Å². The molecule has 2 aromatic carbocycles. The van der Waals surface area contributed by atoms with E-state index in [4.69, 9.17) is 0 Å². The van der Waals surface area contributed by atoms with Crippen LogP contribution in [-0.2, 0) is 26.2 Å². The zero-order valence-corrected chi connectivity index (χ0v) is 19.7. The van der Waals surface area contributed by atoms with Crippen LogP contribution in [0, 0.1) is 12.7 Å². The Kier molecular flexibility index (Phi) is 8.77. The number of rotatable bonds is 10. The number of aryl methyl sites for hydroxylation is 1. The molecule has 0 aliphatic heterocycles. The predicted octanol–water partition coefficient (Wildman–Crippen LogP) is 2.84. The van der Waals surface area contributed by atoms with Crippen molar-refractivity contribution in [2.45, 2.75) is 39.8 Å². The molecule has 2 rings (SSSR count). The first kappa shape index (κ1) is 25.3. The molecule has 0 aromatic heterocycles. The number of anilines is 1. The standard InChI is InChI=1S/C23H30FN3O4S/c1-5-13-25-23(29)18(3)26(15-19-10-7-6-9-17(19)2)22(28)16-27(32(4,30)31)21-12-8-11-20(24)14-21/h6-12,14,18H,5,13,15-16H2,1-4H3,(H,25,29)/t18-/m0/s1. The number of amides is 2. The highest BCUT2D eigenvalue weighted by Crippen LogP contribution is 2.20. The maximum absolute atomic E-state index is 13.7. The van der Waals surface area contributed by atoms with Crippen molar-refractivity contribution in [3.8, 4) is 0 Å². The van der Waals surface area contributed by atoms with Gasteiger partial charge in [0, 0.05) is 13.1 Å². The van der Waals surface area contributed by atoms with Gasteiger partial charge in [0.25, 0.3) is 0 Å². The van der Waals surface area contributed by atoms with Crippen molar-refractivity contribution in [3.63, 3.8) is 0 Å². The molecular formula is C23H30FN3O4S. The van der Waals surface area contributed by atoms with Gasteiger partial charge in [0.2, 0.25) is 21.8 Å². The summed E-state index contributed by atoms with van der Waals surface area (Å²) >= 11 is 0. The van der Waals surface area contributed by atoms with E-state index in [9.17, 15) is 22.4 Å². The lowest BCUT2D eigenvalue weighted by Crippen LogP contribution is -2.51. The number of halogens is 1. The number of nitrogens with zero attached hydrogens (tertiary/aromatic N) is 2. The van der Waals surface area contributed by atoms with Crippen LogP contribution in [0.3, 0.4) is 0 Å². The molecule has 2 amide bonds. The Balaban J connectivity index is 2.38. The third kappa shape index (κ3) is 6.78. The molecule has 0 fully saturated rings. The largest absolute Gasteiger partial charge is 0.354 e. The minimum Gasteiger partial charge on any atom is -0.354 e. The number of nitrogens with one attached hydrogen (secondary N) is 1. The molecule has 0 aliphatic rings. The zero-order chi connectivity index (χ0) is 23.9. The molecule has 0 saturated carbocycles. The Morgan fingerprint density at radius 2 is 1.81 bits per heavy atom. The fourth-order valence-electron chi connectivity index (χ4n) is 3.19. The average Bonchev–Trinajstić information content (AvgIpc) is 2.73. The molecule has 7 nitrogen and oxygen atoms in total. The third-order valence-corrected chi connectivity index (χ3v) is 6.23. The van der Waals surface area contributed by atoms with Crippen molar-refractivity contribution >= 4 is 27.5 Å². The summed E-state index contributed by atoms with van der Waals surface area (Å²) in [6.45, 7) is 5.47. The smallest absolute Gasteiger partial charge is 0.244 e. The molecule has 0 saturated heterocycles. The number of sulfonamides is 1. The Hall–Kier alpha value is -2.94. The van der Waals surface area contributed by atoms with Gasteiger partial charge in [-0.25, -0.2) is 12.8 Å². The Bertz CT molecular complexity index is 1060. The van der Waals surface area contributed by atoms with Gasteiger partial charge in [0.05, 0.1) is 11.9 Å². The maximum atomic E-state index is 13.7. The lowest BCUT2D eigenvalue weighted by Gasteiger charge is -2.31. The predicted molar refractivity (Wildman–Crippen MR) is 123 cm³/mol. The van der Waals surface area contributed by atoms with Gasteiger partial charge in [-0.2, -0.15) is 0 Å². The van der Waals surface area contributed by atoms with E-state index < -0.39 is 34.3 Å². The van der Waals surface area contributed by atoms with Crippen LogP contribution in [-0.4, -0.2) is 50.5 Å². The van der Waals surface area contributed by atoms with E-state index in [2.05, 4.69) is 5.32 Å². The summed E-state index contributed by atoms with van der Waals surface area (Å²) in [5.41, 5.74) is 1.82. The van der Waals surface area contributed by atoms with Crippen LogP contribution in [0.15, 0.2) is 48.5 Å². The summed E-state index contributed by atoms with van der Waals surface area (Å²) in [5, 5.41) is 2.78. The van der Waals surface area contributed by atoms with Crippen molar-refractivity contribution in [1.82, 2.24) is 10.2 Å². The van der Waals surface area contributed by atoms with Crippen molar-refractivity contribution in [1.29, 1.82) is 0 Å². The third-order valence-electron chi connectivity index (χ3n) is 5.09. The van der Waals surface area contributed by atoms with Crippen LogP contribution >= 0.6 is 0 Å². The second-order valence-corrected chi connectivity index (χ2v) is 9.57. The number of hydrogen-bond acceptors (Lipinski definition) is 4. The quantitative estimate of drug-likeness (QED) is 0.587. The van der Waals surface area contributed by atoms with Gasteiger partial charge < -0.3 is 10.2 Å².